The van der Waals surface area contributed by atoms with Crippen LogP contribution in [0.4, 0.5) is 0 Å². The van der Waals surface area contributed by atoms with Crippen LogP contribution in [0, 0.1) is 13.8 Å². The molecule has 3 nitrogen and oxygen atoms in total. The first-order valence-corrected chi connectivity index (χ1v) is 7.67. The predicted octanol–water partition coefficient (Wildman–Crippen LogP) is 4.39. The summed E-state index contributed by atoms with van der Waals surface area (Å²) in [5.74, 6) is 0.632. The molecule has 0 spiro atoms. The van der Waals surface area contributed by atoms with E-state index in [2.05, 4.69) is 42.2 Å². The van der Waals surface area contributed by atoms with Gasteiger partial charge in [-0.1, -0.05) is 41.8 Å². The van der Waals surface area contributed by atoms with Gasteiger partial charge in [0.1, 0.15) is 0 Å². The third-order valence-corrected chi connectivity index (χ3v) is 4.62. The molecule has 0 N–H and O–H groups in total. The third-order valence-electron chi connectivity index (χ3n) is 3.44. The first kappa shape index (κ1) is 12.7. The van der Waals surface area contributed by atoms with Crippen molar-refractivity contribution in [2.45, 2.75) is 50.0 Å². The number of thioether (sulfide) groups is 1. The minimum Gasteiger partial charge on any atom is -0.411 e. The van der Waals surface area contributed by atoms with E-state index in [1.165, 1.54) is 36.8 Å². The first-order chi connectivity index (χ1) is 9.20. The molecule has 1 saturated carbocycles. The van der Waals surface area contributed by atoms with Gasteiger partial charge in [-0.25, -0.2) is 0 Å². The Morgan fingerprint density at radius 2 is 1.74 bits per heavy atom. The highest BCUT2D eigenvalue weighted by molar-refractivity contribution is 7.99. The quantitative estimate of drug-likeness (QED) is 0.832. The molecule has 0 atom stereocenters. The number of nitrogens with zero attached hydrogens (tertiary/aromatic N) is 2. The second-order valence-electron chi connectivity index (χ2n) is 5.27. The normalized spacial score (nSPS) is 16.1. The van der Waals surface area contributed by atoms with E-state index in [1.807, 2.05) is 0 Å². The Hall–Kier alpha value is -1.29. The molecule has 0 unspecified atom stereocenters. The van der Waals surface area contributed by atoms with Gasteiger partial charge in [0.05, 0.1) is 0 Å². The first-order valence-electron chi connectivity index (χ1n) is 6.79. The Labute approximate surface area is 117 Å². The maximum Gasteiger partial charge on any atom is 0.277 e. The van der Waals surface area contributed by atoms with Gasteiger partial charge in [-0.05, 0) is 38.8 Å². The van der Waals surface area contributed by atoms with Gasteiger partial charge in [-0.15, -0.1) is 10.2 Å². The number of rotatable bonds is 3. The van der Waals surface area contributed by atoms with E-state index in [-0.39, 0.29) is 0 Å². The highest BCUT2D eigenvalue weighted by Crippen LogP contribution is 2.35. The monoisotopic (exact) mass is 274 g/mol. The fourth-order valence-corrected chi connectivity index (χ4v) is 3.69. The van der Waals surface area contributed by atoms with Crippen molar-refractivity contribution in [1.29, 1.82) is 0 Å². The lowest BCUT2D eigenvalue weighted by Crippen LogP contribution is -1.92. The van der Waals surface area contributed by atoms with Crippen LogP contribution in [0.1, 0.15) is 36.8 Å². The van der Waals surface area contributed by atoms with Gasteiger partial charge in [0, 0.05) is 10.8 Å². The molecule has 2 aromatic rings. The van der Waals surface area contributed by atoms with Crippen molar-refractivity contribution >= 4 is 11.8 Å². The van der Waals surface area contributed by atoms with Gasteiger partial charge >= 0.3 is 0 Å². The van der Waals surface area contributed by atoms with Crippen LogP contribution in [0.25, 0.3) is 11.5 Å². The number of benzene rings is 1. The van der Waals surface area contributed by atoms with Gasteiger partial charge in [0.15, 0.2) is 0 Å². The van der Waals surface area contributed by atoms with Crippen molar-refractivity contribution in [3.05, 3.63) is 29.3 Å². The summed E-state index contributed by atoms with van der Waals surface area (Å²) in [6.07, 6.45) is 5.20. The van der Waals surface area contributed by atoms with E-state index in [0.717, 1.165) is 5.56 Å². The van der Waals surface area contributed by atoms with Gasteiger partial charge in [-0.3, -0.25) is 0 Å². The van der Waals surface area contributed by atoms with Crippen LogP contribution < -0.4 is 0 Å². The fourth-order valence-electron chi connectivity index (χ4n) is 2.62. The summed E-state index contributed by atoms with van der Waals surface area (Å²) in [6, 6.07) is 6.32. The van der Waals surface area contributed by atoms with Crippen LogP contribution >= 0.6 is 11.8 Å². The minimum atomic E-state index is 0.632. The third kappa shape index (κ3) is 3.00. The number of aromatic nitrogens is 2. The van der Waals surface area contributed by atoms with Crippen molar-refractivity contribution in [3.8, 4) is 11.5 Å². The van der Waals surface area contributed by atoms with Gasteiger partial charge in [0.2, 0.25) is 5.89 Å². The second kappa shape index (κ2) is 5.37. The van der Waals surface area contributed by atoms with Crippen LogP contribution in [0.3, 0.4) is 0 Å². The van der Waals surface area contributed by atoms with E-state index < -0.39 is 0 Å². The molecule has 0 radical (unpaired) electrons. The Morgan fingerprint density at radius 1 is 1.05 bits per heavy atom. The zero-order valence-corrected chi connectivity index (χ0v) is 12.2. The SMILES string of the molecule is Cc1cc(C)cc(-c2nnc(SC3CCCC3)o2)c1. The Balaban J connectivity index is 1.79. The Kier molecular flexibility index (Phi) is 3.60. The molecular weight excluding hydrogens is 256 g/mol. The largest absolute Gasteiger partial charge is 0.411 e. The zero-order chi connectivity index (χ0) is 13.2. The number of hydrogen-bond acceptors (Lipinski definition) is 4. The number of hydrogen-bond donors (Lipinski definition) is 0. The van der Waals surface area contributed by atoms with Crippen LogP contribution in [-0.2, 0) is 0 Å². The zero-order valence-electron chi connectivity index (χ0n) is 11.3. The summed E-state index contributed by atoms with van der Waals surface area (Å²) in [5.41, 5.74) is 3.46. The summed E-state index contributed by atoms with van der Waals surface area (Å²) < 4.78 is 5.78. The van der Waals surface area contributed by atoms with Crippen LogP contribution in [0.2, 0.25) is 0 Å². The summed E-state index contributed by atoms with van der Waals surface area (Å²) >= 11 is 1.73. The predicted molar refractivity (Wildman–Crippen MR) is 77.3 cm³/mol. The smallest absolute Gasteiger partial charge is 0.277 e. The van der Waals surface area contributed by atoms with Crippen molar-refractivity contribution in [2.24, 2.45) is 0 Å². The van der Waals surface area contributed by atoms with Crippen molar-refractivity contribution < 1.29 is 4.42 Å². The van der Waals surface area contributed by atoms with E-state index in [4.69, 9.17) is 4.42 Å². The van der Waals surface area contributed by atoms with Gasteiger partial charge in [0.25, 0.3) is 5.22 Å². The van der Waals surface area contributed by atoms with Crippen LogP contribution in [0.5, 0.6) is 0 Å². The molecule has 0 amide bonds. The van der Waals surface area contributed by atoms with Crippen molar-refractivity contribution in [2.75, 3.05) is 0 Å². The fraction of sp³-hybridized carbons (Fsp3) is 0.467. The molecule has 0 bridgehead atoms. The highest BCUT2D eigenvalue weighted by atomic mass is 32.2. The van der Waals surface area contributed by atoms with Gasteiger partial charge < -0.3 is 4.42 Å². The summed E-state index contributed by atoms with van der Waals surface area (Å²) in [7, 11) is 0. The lowest BCUT2D eigenvalue weighted by molar-refractivity contribution is 0.464. The lowest BCUT2D eigenvalue weighted by atomic mass is 10.1. The second-order valence-corrected chi connectivity index (χ2v) is 6.53. The molecule has 4 heteroatoms. The molecule has 0 aliphatic heterocycles. The molecule has 0 saturated heterocycles. The van der Waals surface area contributed by atoms with Crippen molar-refractivity contribution in [1.82, 2.24) is 10.2 Å². The molecule has 3 rings (SSSR count). The average Bonchev–Trinajstić information content (AvgIpc) is 2.99. The molecular formula is C15H18N2OS. The Bertz CT molecular complexity index is 553. The maximum atomic E-state index is 5.78. The van der Waals surface area contributed by atoms with Crippen LogP contribution in [-0.4, -0.2) is 15.4 Å². The molecule has 100 valence electrons. The minimum absolute atomic E-state index is 0.632. The van der Waals surface area contributed by atoms with Crippen LogP contribution in [0.15, 0.2) is 27.8 Å². The maximum absolute atomic E-state index is 5.78. The summed E-state index contributed by atoms with van der Waals surface area (Å²) in [4.78, 5) is 0. The highest BCUT2D eigenvalue weighted by Gasteiger charge is 2.19. The summed E-state index contributed by atoms with van der Waals surface area (Å²) in [6.45, 7) is 4.17. The number of aryl methyl sites for hydroxylation is 2. The molecule has 1 fully saturated rings. The topological polar surface area (TPSA) is 38.9 Å². The van der Waals surface area contributed by atoms with Gasteiger partial charge in [-0.2, -0.15) is 0 Å². The molecule has 1 aliphatic rings. The van der Waals surface area contributed by atoms with E-state index >= 15 is 0 Å². The average molecular weight is 274 g/mol. The molecule has 1 heterocycles. The standard InChI is InChI=1S/C15H18N2OS/c1-10-7-11(2)9-12(8-10)14-16-17-15(18-14)19-13-5-3-4-6-13/h7-9,13H,3-6H2,1-2H3. The summed E-state index contributed by atoms with van der Waals surface area (Å²) in [5, 5.41) is 9.70. The molecule has 1 aliphatic carbocycles. The molecule has 19 heavy (non-hydrogen) atoms. The van der Waals surface area contributed by atoms with E-state index in [9.17, 15) is 0 Å². The van der Waals surface area contributed by atoms with E-state index in [0.29, 0.717) is 16.4 Å². The Morgan fingerprint density at radius 3 is 2.42 bits per heavy atom. The molecule has 1 aromatic carbocycles. The lowest BCUT2D eigenvalue weighted by Gasteiger charge is -2.03. The van der Waals surface area contributed by atoms with E-state index in [1.54, 1.807) is 11.8 Å². The van der Waals surface area contributed by atoms with Crippen molar-refractivity contribution in [3.63, 3.8) is 0 Å². The molecule has 1 aromatic heterocycles.